The molecule has 0 spiro atoms. The summed E-state index contributed by atoms with van der Waals surface area (Å²) >= 11 is 0. The molecule has 10 heteroatoms. The van der Waals surface area contributed by atoms with Gasteiger partial charge in [0.15, 0.2) is 0 Å². The van der Waals surface area contributed by atoms with Crippen molar-refractivity contribution < 1.29 is 22.7 Å². The third kappa shape index (κ3) is 5.45. The molecule has 0 saturated carbocycles. The Bertz CT molecular complexity index is 1090. The van der Waals surface area contributed by atoms with E-state index in [2.05, 4.69) is 10.6 Å². The molecule has 1 aliphatic rings. The van der Waals surface area contributed by atoms with Crippen molar-refractivity contribution >= 4 is 21.8 Å². The van der Waals surface area contributed by atoms with E-state index in [9.17, 15) is 18.0 Å². The number of nitrogens with zero attached hydrogens (tertiary/aromatic N) is 2. The first-order valence-electron chi connectivity index (χ1n) is 10.2. The monoisotopic (exact) mass is 460 g/mol. The van der Waals surface area contributed by atoms with Crippen LogP contribution < -0.4 is 15.4 Å². The van der Waals surface area contributed by atoms with Gasteiger partial charge in [0.05, 0.1) is 24.6 Å². The van der Waals surface area contributed by atoms with Crippen molar-refractivity contribution in [1.29, 1.82) is 0 Å². The lowest BCUT2D eigenvalue weighted by Crippen LogP contribution is -2.49. The summed E-state index contributed by atoms with van der Waals surface area (Å²) in [4.78, 5) is 26.4. The number of ether oxygens (including phenoxy) is 1. The zero-order valence-corrected chi connectivity index (χ0v) is 19.2. The molecular weight excluding hydrogens is 432 g/mol. The van der Waals surface area contributed by atoms with Gasteiger partial charge in [-0.1, -0.05) is 18.2 Å². The van der Waals surface area contributed by atoms with Crippen molar-refractivity contribution in [2.75, 3.05) is 47.4 Å². The van der Waals surface area contributed by atoms with Crippen LogP contribution in [-0.2, 0) is 14.8 Å². The van der Waals surface area contributed by atoms with Gasteiger partial charge in [0.25, 0.3) is 5.91 Å². The van der Waals surface area contributed by atoms with Gasteiger partial charge in [-0.3, -0.25) is 9.59 Å². The van der Waals surface area contributed by atoms with E-state index in [1.165, 1.54) is 18.2 Å². The number of hydrogen-bond donors (Lipinski definition) is 2. The summed E-state index contributed by atoms with van der Waals surface area (Å²) in [5.41, 5.74) is 1.21. The largest absolute Gasteiger partial charge is 0.497 e. The molecule has 2 aromatic carbocycles. The van der Waals surface area contributed by atoms with Gasteiger partial charge in [-0.05, 0) is 50.0 Å². The van der Waals surface area contributed by atoms with Crippen LogP contribution in [0.4, 0.5) is 0 Å². The minimum atomic E-state index is -3.88. The second kappa shape index (κ2) is 10.1. The molecule has 3 rings (SSSR count). The van der Waals surface area contributed by atoms with Crippen molar-refractivity contribution in [2.45, 2.75) is 10.9 Å². The maximum absolute atomic E-state index is 12.9. The summed E-state index contributed by atoms with van der Waals surface area (Å²) in [6, 6.07) is 13.4. The molecule has 1 saturated heterocycles. The summed E-state index contributed by atoms with van der Waals surface area (Å²) in [5, 5.41) is 5.49. The topological polar surface area (TPSA) is 108 Å². The first-order valence-corrected chi connectivity index (χ1v) is 11.6. The number of nitrogens with one attached hydrogen (secondary N) is 2. The average molecular weight is 461 g/mol. The Morgan fingerprint density at radius 2 is 1.97 bits per heavy atom. The Balaban J connectivity index is 1.74. The molecule has 172 valence electrons. The third-order valence-corrected chi connectivity index (χ3v) is 7.14. The van der Waals surface area contributed by atoms with Gasteiger partial charge in [-0.25, -0.2) is 8.42 Å². The fraction of sp³-hybridized carbons (Fsp3) is 0.364. The molecule has 2 N–H and O–H groups in total. The fourth-order valence-electron chi connectivity index (χ4n) is 3.51. The van der Waals surface area contributed by atoms with E-state index in [4.69, 9.17) is 4.74 Å². The number of sulfonamides is 1. The number of rotatable bonds is 8. The van der Waals surface area contributed by atoms with Crippen LogP contribution in [0.1, 0.15) is 22.0 Å². The highest BCUT2D eigenvalue weighted by molar-refractivity contribution is 7.89. The van der Waals surface area contributed by atoms with Crippen LogP contribution in [0.5, 0.6) is 5.75 Å². The van der Waals surface area contributed by atoms with Crippen LogP contribution in [0.3, 0.4) is 0 Å². The van der Waals surface area contributed by atoms with Gasteiger partial charge in [-0.15, -0.1) is 0 Å². The molecule has 1 fully saturated rings. The van der Waals surface area contributed by atoms with E-state index in [0.29, 0.717) is 6.54 Å². The zero-order chi connectivity index (χ0) is 23.3. The van der Waals surface area contributed by atoms with E-state index in [1.807, 2.05) is 43.3 Å². The molecule has 0 bridgehead atoms. The lowest BCUT2D eigenvalue weighted by Gasteiger charge is -2.26. The number of hydrogen-bond acceptors (Lipinski definition) is 6. The van der Waals surface area contributed by atoms with E-state index < -0.39 is 10.0 Å². The summed E-state index contributed by atoms with van der Waals surface area (Å²) in [7, 11) is 1.55. The van der Waals surface area contributed by atoms with Gasteiger partial charge in [0.2, 0.25) is 15.9 Å². The molecule has 2 amide bonds. The minimum absolute atomic E-state index is 0.0168. The number of carbonyl (C=O) groups is 2. The smallest absolute Gasteiger partial charge is 0.251 e. The quantitative estimate of drug-likeness (QED) is 0.605. The highest BCUT2D eigenvalue weighted by Crippen LogP contribution is 2.22. The highest BCUT2D eigenvalue weighted by Gasteiger charge is 2.29. The first kappa shape index (κ1) is 23.7. The molecule has 1 unspecified atom stereocenters. The second-order valence-corrected chi connectivity index (χ2v) is 9.62. The predicted molar refractivity (Wildman–Crippen MR) is 120 cm³/mol. The minimum Gasteiger partial charge on any atom is -0.497 e. The van der Waals surface area contributed by atoms with Crippen molar-refractivity contribution in [3.63, 3.8) is 0 Å². The lowest BCUT2D eigenvalue weighted by molar-refractivity contribution is -0.122. The number of methoxy groups -OCH3 is 1. The number of benzene rings is 2. The molecule has 32 heavy (non-hydrogen) atoms. The van der Waals surface area contributed by atoms with Crippen LogP contribution in [0, 0.1) is 0 Å². The molecule has 9 nitrogen and oxygen atoms in total. The lowest BCUT2D eigenvalue weighted by atomic mass is 10.1. The average Bonchev–Trinajstić information content (AvgIpc) is 2.79. The maximum atomic E-state index is 12.9. The standard InChI is InChI=1S/C22H28N4O5S/c1-25(2)20(16-6-4-8-18(12-16)31-3)14-24-22(28)17-7-5-9-19(13-17)32(29,30)26-11-10-23-21(27)15-26/h4-9,12-13,20H,10-11,14-15H2,1-3H3,(H,23,27)(H,24,28). The Hall–Kier alpha value is -2.95. The third-order valence-electron chi connectivity index (χ3n) is 5.30. The van der Waals surface area contributed by atoms with Gasteiger partial charge in [0, 0.05) is 25.2 Å². The SMILES string of the molecule is COc1cccc(C(CNC(=O)c2cccc(S(=O)(=O)N3CCNC(=O)C3)c2)N(C)C)c1. The van der Waals surface area contributed by atoms with E-state index in [1.54, 1.807) is 13.2 Å². The normalized spacial score (nSPS) is 15.8. The van der Waals surface area contributed by atoms with Crippen LogP contribution >= 0.6 is 0 Å². The first-order chi connectivity index (χ1) is 15.2. The van der Waals surface area contributed by atoms with Gasteiger partial charge in [-0.2, -0.15) is 4.31 Å². The van der Waals surface area contributed by atoms with Crippen molar-refractivity contribution in [3.05, 3.63) is 59.7 Å². The Labute approximate surface area is 188 Å². The number of piperazine rings is 1. The van der Waals surface area contributed by atoms with Gasteiger partial charge < -0.3 is 20.3 Å². The highest BCUT2D eigenvalue weighted by atomic mass is 32.2. The molecule has 1 aliphatic heterocycles. The van der Waals surface area contributed by atoms with Crippen molar-refractivity contribution in [1.82, 2.24) is 19.8 Å². The van der Waals surface area contributed by atoms with Crippen LogP contribution in [0.15, 0.2) is 53.4 Å². The van der Waals surface area contributed by atoms with Crippen LogP contribution in [0.2, 0.25) is 0 Å². The van der Waals surface area contributed by atoms with Crippen LogP contribution in [0.25, 0.3) is 0 Å². The Kier molecular flexibility index (Phi) is 7.49. The summed E-state index contributed by atoms with van der Waals surface area (Å²) in [5.74, 6) is -0.000783. The maximum Gasteiger partial charge on any atom is 0.251 e. The van der Waals surface area contributed by atoms with Crippen LogP contribution in [-0.4, -0.2) is 76.8 Å². The summed E-state index contributed by atoms with van der Waals surface area (Å²) in [6.07, 6.45) is 0. The zero-order valence-electron chi connectivity index (χ0n) is 18.4. The number of carbonyl (C=O) groups excluding carboxylic acids is 2. The van der Waals surface area contributed by atoms with E-state index >= 15 is 0 Å². The van der Waals surface area contributed by atoms with E-state index in [-0.39, 0.29) is 47.9 Å². The Morgan fingerprint density at radius 1 is 1.22 bits per heavy atom. The summed E-state index contributed by atoms with van der Waals surface area (Å²) < 4.78 is 32.2. The molecular formula is C22H28N4O5S. The van der Waals surface area contributed by atoms with Gasteiger partial charge in [0.1, 0.15) is 5.75 Å². The van der Waals surface area contributed by atoms with Crippen molar-refractivity contribution in [2.24, 2.45) is 0 Å². The number of likely N-dealkylation sites (N-methyl/N-ethyl adjacent to an activating group) is 1. The molecule has 1 heterocycles. The molecule has 0 aromatic heterocycles. The summed E-state index contributed by atoms with van der Waals surface area (Å²) in [6.45, 7) is 0.538. The molecule has 0 radical (unpaired) electrons. The van der Waals surface area contributed by atoms with Gasteiger partial charge >= 0.3 is 0 Å². The predicted octanol–water partition coefficient (Wildman–Crippen LogP) is 0.848. The Morgan fingerprint density at radius 3 is 2.66 bits per heavy atom. The molecule has 1 atom stereocenters. The van der Waals surface area contributed by atoms with Crippen molar-refractivity contribution in [3.8, 4) is 5.75 Å². The molecule has 2 aromatic rings. The second-order valence-electron chi connectivity index (χ2n) is 7.68. The van der Waals surface area contributed by atoms with E-state index in [0.717, 1.165) is 15.6 Å². The molecule has 0 aliphatic carbocycles. The fourth-order valence-corrected chi connectivity index (χ4v) is 4.95. The number of amides is 2.